The quantitative estimate of drug-likeness (QED) is 0.149. The van der Waals surface area contributed by atoms with Crippen molar-refractivity contribution in [3.63, 3.8) is 0 Å². The smallest absolute Gasteiger partial charge is 0.385 e. The molecular weight excluding hydrogens is 1250 g/mol. The standard InChI is InChI=1S/C93H20O8/c1-5-9-13-17-21-25-29-33-37-41-45-49-53-57-61-65-69-73-77-81-89(94)98-85-93(86-99-90(95)82-78-74-70-66-62-58-54-50-46-42-38-34-30-26-22-18-14-10-6-2,87-100-91(96)83-79-75-71-67-63-59-55-51-47-43-39-35-31-27-23-19-15-11-7-3)88-101-92(97)84-80-76-72-68-64-60-56-52-48-44-40-36-32-28-24-20-16-12-8-4/h85-88H2,1-4H3. The van der Waals surface area contributed by atoms with Crippen LogP contribution in [0.2, 0.25) is 0 Å². The van der Waals surface area contributed by atoms with Gasteiger partial charge in [-0.3, -0.25) is 0 Å². The van der Waals surface area contributed by atoms with Gasteiger partial charge in [0.2, 0.25) is 0 Å². The van der Waals surface area contributed by atoms with Crippen LogP contribution in [0.5, 0.6) is 0 Å². The Kier molecular flexibility index (Phi) is 54.5. The topological polar surface area (TPSA) is 105 Å². The first-order valence-electron chi connectivity index (χ1n) is 26.2. The summed E-state index contributed by atoms with van der Waals surface area (Å²) < 4.78 is 21.4. The summed E-state index contributed by atoms with van der Waals surface area (Å²) in [5.74, 6) is 189. The van der Waals surface area contributed by atoms with Crippen LogP contribution in [0, 0.1) is 479 Å². The summed E-state index contributed by atoms with van der Waals surface area (Å²) in [6, 6.07) is 0. The monoisotopic (exact) mass is 1260 g/mol. The lowest BCUT2D eigenvalue weighted by atomic mass is 9.92. The van der Waals surface area contributed by atoms with E-state index in [0.29, 0.717) is 0 Å². The second kappa shape index (κ2) is 67.8. The minimum absolute atomic E-state index is 0.824. The summed E-state index contributed by atoms with van der Waals surface area (Å²) >= 11 is 0. The minimum atomic E-state index is -1.93. The van der Waals surface area contributed by atoms with Gasteiger partial charge in [0.25, 0.3) is 0 Å². The summed E-state index contributed by atoms with van der Waals surface area (Å²) in [5, 5.41) is 0. The van der Waals surface area contributed by atoms with E-state index in [0.717, 1.165) is 0 Å². The van der Waals surface area contributed by atoms with Gasteiger partial charge in [0.05, 0.1) is 0 Å². The van der Waals surface area contributed by atoms with Crippen LogP contribution >= 0.6 is 0 Å². The van der Waals surface area contributed by atoms with Crippen molar-refractivity contribution >= 4 is 23.9 Å². The van der Waals surface area contributed by atoms with Gasteiger partial charge in [-0.15, -0.1) is 0 Å². The van der Waals surface area contributed by atoms with E-state index in [1.165, 1.54) is 0 Å². The SMILES string of the molecule is CC#CC#CC#CC#CC#CC#CC#CC#CC#CC#CC(=O)OCC(COC(=O)C#CC#CC#CC#CC#CC#CC#CC#CC#CC#CC)(COC(=O)C#CC#CC#CC#CC#CC#CC#CC#CC#CC#CC)COC(=O)C#CC#CC#CC#CC#CC#CC#CC#CC#CC#CC. The molecule has 0 saturated heterocycles. The predicted octanol–water partition coefficient (Wildman–Crippen LogP) is 0.361. The molecule has 0 spiro atoms. The minimum Gasteiger partial charge on any atom is -0.455 e. The highest BCUT2D eigenvalue weighted by Crippen LogP contribution is 2.21. The van der Waals surface area contributed by atoms with E-state index in [9.17, 15) is 19.2 Å². The first-order valence-corrected chi connectivity index (χ1v) is 26.2. The van der Waals surface area contributed by atoms with Crippen molar-refractivity contribution in [2.75, 3.05) is 26.4 Å². The van der Waals surface area contributed by atoms with E-state index in [-0.39, 0.29) is 0 Å². The lowest BCUT2D eigenvalue weighted by Crippen LogP contribution is -2.43. The predicted molar refractivity (Wildman–Crippen MR) is 380 cm³/mol. The molecule has 8 heteroatoms. The summed E-state index contributed by atoms with van der Waals surface area (Å²) in [7, 11) is 0. The highest BCUT2D eigenvalue weighted by Gasteiger charge is 2.38. The molecule has 0 bridgehead atoms. The Hall–Kier alpha value is -19.7. The van der Waals surface area contributed by atoms with E-state index in [1.807, 2.05) is 0 Å². The number of esters is 4. The van der Waals surface area contributed by atoms with Gasteiger partial charge in [-0.05, 0) is 407 Å². The lowest BCUT2D eigenvalue weighted by Gasteiger charge is -2.30. The molecule has 0 unspecified atom stereocenters. The van der Waals surface area contributed by atoms with E-state index in [2.05, 4.69) is 474 Å². The van der Waals surface area contributed by atoms with Gasteiger partial charge in [-0.2, -0.15) is 0 Å². The number of ether oxygens (including phenoxy) is 4. The molecular formula is C93H20O8. The van der Waals surface area contributed by atoms with Gasteiger partial charge in [0, 0.05) is 71.0 Å². The molecule has 0 radical (unpaired) electrons. The number of rotatable bonds is 8. The Morgan fingerprint density at radius 3 is 0.347 bits per heavy atom. The second-order valence-electron chi connectivity index (χ2n) is 14.3. The number of carbonyl (C=O) groups excluding carboxylic acids is 4. The van der Waals surface area contributed by atoms with Crippen LogP contribution in [0.1, 0.15) is 27.7 Å². The Morgan fingerprint density at radius 1 is 0.158 bits per heavy atom. The first-order chi connectivity index (χ1) is 49.8. The molecule has 101 heavy (non-hydrogen) atoms. The molecule has 8 nitrogen and oxygen atoms in total. The van der Waals surface area contributed by atoms with Crippen molar-refractivity contribution in [2.45, 2.75) is 27.7 Å². The van der Waals surface area contributed by atoms with Crippen molar-refractivity contribution in [1.29, 1.82) is 0 Å². The molecule has 0 N–H and O–H groups in total. The van der Waals surface area contributed by atoms with Crippen LogP contribution in [-0.4, -0.2) is 50.3 Å². The maximum atomic E-state index is 12.9. The molecule has 0 heterocycles. The van der Waals surface area contributed by atoms with Gasteiger partial charge in [-0.1, -0.05) is 23.7 Å². The normalized spacial score (nSPS) is 5.35. The summed E-state index contributed by atoms with van der Waals surface area (Å²) in [4.78, 5) is 51.7. The molecule has 0 amide bonds. The van der Waals surface area contributed by atoms with Crippen molar-refractivity contribution in [1.82, 2.24) is 0 Å². The van der Waals surface area contributed by atoms with E-state index < -0.39 is 55.7 Å². The van der Waals surface area contributed by atoms with Gasteiger partial charge < -0.3 is 18.9 Å². The molecule has 0 aromatic heterocycles. The molecule has 0 aromatic carbocycles. The fraction of sp³-hybridized carbons (Fsp3) is 0.0968. The summed E-state index contributed by atoms with van der Waals surface area (Å²) in [6.45, 7) is 3.30. The zero-order valence-electron chi connectivity index (χ0n) is 52.6. The third-order valence-corrected chi connectivity index (χ3v) is 7.45. The van der Waals surface area contributed by atoms with Crippen molar-refractivity contribution in [3.8, 4) is 474 Å². The van der Waals surface area contributed by atoms with E-state index in [4.69, 9.17) is 18.9 Å². The van der Waals surface area contributed by atoms with Crippen LogP contribution in [0.4, 0.5) is 0 Å². The maximum Gasteiger partial charge on any atom is 0.385 e. The molecule has 0 aliphatic rings. The van der Waals surface area contributed by atoms with Crippen LogP contribution in [-0.2, 0) is 38.1 Å². The molecule has 440 valence electrons. The fourth-order valence-electron chi connectivity index (χ4n) is 3.85. The zero-order chi connectivity index (χ0) is 73.0. The van der Waals surface area contributed by atoms with Crippen molar-refractivity contribution < 1.29 is 38.1 Å². The molecule has 0 fully saturated rings. The molecule has 0 aliphatic heterocycles. The largest absolute Gasteiger partial charge is 0.455 e. The highest BCUT2D eigenvalue weighted by atomic mass is 16.6. The number of hydrogen-bond acceptors (Lipinski definition) is 8. The van der Waals surface area contributed by atoms with Gasteiger partial charge >= 0.3 is 23.9 Å². The average Bonchev–Trinajstić information content (AvgIpc) is 0.889. The zero-order valence-corrected chi connectivity index (χ0v) is 52.6. The molecule has 0 saturated carbocycles. The van der Waals surface area contributed by atoms with Gasteiger partial charge in [-0.25, -0.2) is 19.2 Å². The molecule has 0 aromatic rings. The summed E-state index contributed by atoms with van der Waals surface area (Å²) in [6.07, 6.45) is 0. The highest BCUT2D eigenvalue weighted by molar-refractivity contribution is 5.91. The van der Waals surface area contributed by atoms with Crippen LogP contribution in [0.3, 0.4) is 0 Å². The fourth-order valence-corrected chi connectivity index (χ4v) is 3.85. The third kappa shape index (κ3) is 63.1. The Balaban J connectivity index is 7.06. The first kappa shape index (κ1) is 81.3. The van der Waals surface area contributed by atoms with Crippen LogP contribution in [0.15, 0.2) is 0 Å². The average molecular weight is 1270 g/mol. The van der Waals surface area contributed by atoms with E-state index >= 15 is 0 Å². The lowest BCUT2D eigenvalue weighted by molar-refractivity contribution is -0.163. The maximum absolute atomic E-state index is 12.9. The number of carbonyl (C=O) groups is 4. The molecule has 0 atom stereocenters. The molecule has 0 aliphatic carbocycles. The summed E-state index contributed by atoms with van der Waals surface area (Å²) in [5.41, 5.74) is -1.93. The van der Waals surface area contributed by atoms with Crippen molar-refractivity contribution in [3.05, 3.63) is 0 Å². The van der Waals surface area contributed by atoms with Gasteiger partial charge in [0.1, 0.15) is 31.8 Å². The number of hydrogen-bond donors (Lipinski definition) is 0. The van der Waals surface area contributed by atoms with Crippen LogP contribution < -0.4 is 0 Å². The Labute approximate surface area is 591 Å². The van der Waals surface area contributed by atoms with Crippen molar-refractivity contribution in [2.24, 2.45) is 5.41 Å². The third-order valence-electron chi connectivity index (χ3n) is 7.45. The Morgan fingerprint density at radius 2 is 0.248 bits per heavy atom. The van der Waals surface area contributed by atoms with E-state index in [1.54, 1.807) is 27.7 Å². The van der Waals surface area contributed by atoms with Gasteiger partial charge in [0.15, 0.2) is 0 Å². The second-order valence-corrected chi connectivity index (χ2v) is 14.3. The van der Waals surface area contributed by atoms with Crippen LogP contribution in [0.25, 0.3) is 0 Å². The Bertz CT molecular complexity index is 5530. The molecule has 0 rings (SSSR count).